The number of nitrogens with zero attached hydrogens (tertiary/aromatic N) is 1. The molecule has 0 radical (unpaired) electrons. The summed E-state index contributed by atoms with van der Waals surface area (Å²) in [4.78, 5) is 27.9. The summed E-state index contributed by atoms with van der Waals surface area (Å²) in [5.74, 6) is -0.380. The molecule has 0 saturated carbocycles. The molecule has 0 aliphatic heterocycles. The lowest BCUT2D eigenvalue weighted by molar-refractivity contribution is -0.141. The van der Waals surface area contributed by atoms with Crippen LogP contribution in [-0.2, 0) is 22.6 Å². The molecular formula is C23H26Cl4N2O2. The highest BCUT2D eigenvalue weighted by Gasteiger charge is 2.29. The van der Waals surface area contributed by atoms with E-state index in [1.807, 2.05) is 20.8 Å². The first-order valence-corrected chi connectivity index (χ1v) is 11.6. The van der Waals surface area contributed by atoms with Gasteiger partial charge in [0.1, 0.15) is 6.04 Å². The first kappa shape index (κ1) is 25.8. The Kier molecular flexibility index (Phi) is 9.95. The van der Waals surface area contributed by atoms with E-state index in [1.165, 1.54) is 0 Å². The molecule has 2 aromatic rings. The number of benzene rings is 2. The lowest BCUT2D eigenvalue weighted by Crippen LogP contribution is -2.51. The van der Waals surface area contributed by atoms with Crippen molar-refractivity contribution in [3.8, 4) is 0 Å². The standard InChI is InChI=1S/C23H26Cl4N2O2/c1-4-14(3)28-23(31)21(5-2)29(13-16-7-9-18(25)20(27)11-16)22(30)12-15-6-8-17(24)19(26)10-15/h6-11,14,21H,4-5,12-13H2,1-3H3,(H,28,31)/t14-,21+/m0/s1. The molecule has 2 rings (SSSR count). The Hall–Kier alpha value is -1.46. The average molecular weight is 504 g/mol. The Balaban J connectivity index is 2.34. The van der Waals surface area contributed by atoms with Gasteiger partial charge in [0, 0.05) is 12.6 Å². The molecular weight excluding hydrogens is 478 g/mol. The molecule has 0 aromatic heterocycles. The van der Waals surface area contributed by atoms with Crippen LogP contribution in [0.4, 0.5) is 0 Å². The largest absolute Gasteiger partial charge is 0.352 e. The van der Waals surface area contributed by atoms with Gasteiger partial charge in [-0.15, -0.1) is 0 Å². The number of halogens is 4. The average Bonchev–Trinajstić information content (AvgIpc) is 2.72. The van der Waals surface area contributed by atoms with Crippen molar-refractivity contribution in [1.82, 2.24) is 10.2 Å². The molecule has 0 saturated heterocycles. The lowest BCUT2D eigenvalue weighted by atomic mass is 10.1. The van der Waals surface area contributed by atoms with Crippen LogP contribution in [0.1, 0.15) is 44.7 Å². The minimum atomic E-state index is -0.626. The molecule has 168 valence electrons. The second-order valence-electron chi connectivity index (χ2n) is 7.44. The fourth-order valence-corrected chi connectivity index (χ4v) is 3.76. The van der Waals surface area contributed by atoms with Crippen LogP contribution in [0.3, 0.4) is 0 Å². The highest BCUT2D eigenvalue weighted by molar-refractivity contribution is 6.42. The summed E-state index contributed by atoms with van der Waals surface area (Å²) in [5, 5.41) is 4.61. The topological polar surface area (TPSA) is 49.4 Å². The van der Waals surface area contributed by atoms with Crippen LogP contribution in [0.15, 0.2) is 36.4 Å². The summed E-state index contributed by atoms with van der Waals surface area (Å²) >= 11 is 24.3. The van der Waals surface area contributed by atoms with E-state index in [9.17, 15) is 9.59 Å². The Morgan fingerprint density at radius 3 is 1.94 bits per heavy atom. The molecule has 8 heteroatoms. The number of hydrogen-bond donors (Lipinski definition) is 1. The Morgan fingerprint density at radius 1 is 0.871 bits per heavy atom. The van der Waals surface area contributed by atoms with Gasteiger partial charge in [-0.3, -0.25) is 9.59 Å². The van der Waals surface area contributed by atoms with Gasteiger partial charge in [-0.05, 0) is 55.2 Å². The summed E-state index contributed by atoms with van der Waals surface area (Å²) in [7, 11) is 0. The fourth-order valence-electron chi connectivity index (χ4n) is 3.12. The van der Waals surface area contributed by atoms with Crippen molar-refractivity contribution in [2.45, 2.75) is 58.7 Å². The third-order valence-electron chi connectivity index (χ3n) is 5.06. The third kappa shape index (κ3) is 7.28. The van der Waals surface area contributed by atoms with Crippen LogP contribution in [-0.4, -0.2) is 28.8 Å². The molecule has 1 N–H and O–H groups in total. The van der Waals surface area contributed by atoms with E-state index < -0.39 is 6.04 Å². The summed E-state index contributed by atoms with van der Waals surface area (Å²) in [6.07, 6.45) is 1.36. The van der Waals surface area contributed by atoms with E-state index in [0.29, 0.717) is 26.5 Å². The van der Waals surface area contributed by atoms with Gasteiger partial charge in [-0.1, -0.05) is 72.4 Å². The quantitative estimate of drug-likeness (QED) is 0.421. The summed E-state index contributed by atoms with van der Waals surface area (Å²) in [6.45, 7) is 6.04. The number of carbonyl (C=O) groups is 2. The van der Waals surface area contributed by atoms with Crippen molar-refractivity contribution >= 4 is 58.2 Å². The smallest absolute Gasteiger partial charge is 0.243 e. The predicted molar refractivity (Wildman–Crippen MR) is 129 cm³/mol. The lowest BCUT2D eigenvalue weighted by Gasteiger charge is -2.31. The number of amides is 2. The molecule has 2 aromatic carbocycles. The Labute approximate surface area is 203 Å². The molecule has 0 unspecified atom stereocenters. The van der Waals surface area contributed by atoms with Gasteiger partial charge in [0.2, 0.25) is 11.8 Å². The van der Waals surface area contributed by atoms with Crippen molar-refractivity contribution < 1.29 is 9.59 Å². The van der Waals surface area contributed by atoms with Crippen molar-refractivity contribution in [2.24, 2.45) is 0 Å². The van der Waals surface area contributed by atoms with Crippen molar-refractivity contribution in [3.63, 3.8) is 0 Å². The van der Waals surface area contributed by atoms with Gasteiger partial charge in [0.05, 0.1) is 26.5 Å². The number of carbonyl (C=O) groups excluding carboxylic acids is 2. The van der Waals surface area contributed by atoms with Crippen LogP contribution in [0, 0.1) is 0 Å². The van der Waals surface area contributed by atoms with Gasteiger partial charge in [-0.2, -0.15) is 0 Å². The first-order chi connectivity index (χ1) is 14.7. The number of nitrogens with one attached hydrogen (secondary N) is 1. The minimum absolute atomic E-state index is 0.0125. The summed E-state index contributed by atoms with van der Waals surface area (Å²) in [5.41, 5.74) is 1.50. The van der Waals surface area contributed by atoms with E-state index in [-0.39, 0.29) is 30.8 Å². The van der Waals surface area contributed by atoms with Crippen molar-refractivity contribution in [3.05, 3.63) is 67.6 Å². The zero-order valence-electron chi connectivity index (χ0n) is 17.7. The second kappa shape index (κ2) is 12.0. The molecule has 0 aliphatic carbocycles. The molecule has 0 fully saturated rings. The van der Waals surface area contributed by atoms with Gasteiger partial charge < -0.3 is 10.2 Å². The maximum Gasteiger partial charge on any atom is 0.243 e. The molecule has 0 spiro atoms. The molecule has 4 nitrogen and oxygen atoms in total. The molecule has 31 heavy (non-hydrogen) atoms. The van der Waals surface area contributed by atoms with Crippen LogP contribution in [0.2, 0.25) is 20.1 Å². The van der Waals surface area contributed by atoms with Gasteiger partial charge in [0.25, 0.3) is 0 Å². The Bertz CT molecular complexity index is 936. The SMILES string of the molecule is CC[C@H](C(=O)N[C@@H](C)CC)N(Cc1ccc(Cl)c(Cl)c1)C(=O)Cc1ccc(Cl)c(Cl)c1. The molecule has 2 amide bonds. The van der Waals surface area contributed by atoms with E-state index in [4.69, 9.17) is 46.4 Å². The highest BCUT2D eigenvalue weighted by Crippen LogP contribution is 2.26. The van der Waals surface area contributed by atoms with Crippen molar-refractivity contribution in [2.75, 3.05) is 0 Å². The monoisotopic (exact) mass is 502 g/mol. The van der Waals surface area contributed by atoms with E-state index in [0.717, 1.165) is 17.5 Å². The summed E-state index contributed by atoms with van der Waals surface area (Å²) in [6, 6.07) is 9.65. The van der Waals surface area contributed by atoms with Gasteiger partial charge in [0.15, 0.2) is 0 Å². The number of hydrogen-bond acceptors (Lipinski definition) is 2. The maximum absolute atomic E-state index is 13.3. The normalized spacial score (nSPS) is 12.9. The first-order valence-electron chi connectivity index (χ1n) is 10.1. The highest BCUT2D eigenvalue weighted by atomic mass is 35.5. The zero-order valence-corrected chi connectivity index (χ0v) is 20.7. The maximum atomic E-state index is 13.3. The predicted octanol–water partition coefficient (Wildman–Crippen LogP) is 6.56. The third-order valence-corrected chi connectivity index (χ3v) is 6.54. The Morgan fingerprint density at radius 2 is 1.42 bits per heavy atom. The van der Waals surface area contributed by atoms with Crippen LogP contribution < -0.4 is 5.32 Å². The van der Waals surface area contributed by atoms with E-state index in [1.54, 1.807) is 41.3 Å². The van der Waals surface area contributed by atoms with E-state index >= 15 is 0 Å². The van der Waals surface area contributed by atoms with Crippen LogP contribution in [0.5, 0.6) is 0 Å². The van der Waals surface area contributed by atoms with Crippen LogP contribution in [0.25, 0.3) is 0 Å². The second-order valence-corrected chi connectivity index (χ2v) is 9.07. The fraction of sp³-hybridized carbons (Fsp3) is 0.391. The molecule has 0 aliphatic rings. The van der Waals surface area contributed by atoms with Crippen LogP contribution >= 0.6 is 46.4 Å². The van der Waals surface area contributed by atoms with Gasteiger partial charge in [-0.25, -0.2) is 0 Å². The summed E-state index contributed by atoms with van der Waals surface area (Å²) < 4.78 is 0. The zero-order chi connectivity index (χ0) is 23.1. The van der Waals surface area contributed by atoms with Crippen molar-refractivity contribution in [1.29, 1.82) is 0 Å². The number of rotatable bonds is 9. The van der Waals surface area contributed by atoms with E-state index in [2.05, 4.69) is 5.32 Å². The molecule has 2 atom stereocenters. The molecule has 0 heterocycles. The van der Waals surface area contributed by atoms with Gasteiger partial charge >= 0.3 is 0 Å². The minimum Gasteiger partial charge on any atom is -0.352 e. The molecule has 0 bridgehead atoms.